The van der Waals surface area contributed by atoms with Crippen molar-refractivity contribution in [2.24, 2.45) is 0 Å². The van der Waals surface area contributed by atoms with Crippen molar-refractivity contribution in [1.29, 1.82) is 0 Å². The standard InChI is InChI=1S/C16H18F3N5O/c17-16(18,19)12-1-4-21-14(9-12)22-15(25)10-23-6-2-13(3-7-23)24-8-5-20-11-24/h1,4-5,8-9,11,13H,2-3,6-7,10H2,(H,21,22,25). The van der Waals surface area contributed by atoms with Crippen molar-refractivity contribution in [2.45, 2.75) is 25.1 Å². The average Bonchev–Trinajstić information content (AvgIpc) is 3.09. The molecule has 1 saturated heterocycles. The maximum atomic E-state index is 12.7. The second kappa shape index (κ2) is 7.22. The van der Waals surface area contributed by atoms with Crippen LogP contribution in [0.3, 0.4) is 0 Å². The highest BCUT2D eigenvalue weighted by Gasteiger charge is 2.31. The molecule has 9 heteroatoms. The number of anilines is 1. The summed E-state index contributed by atoms with van der Waals surface area (Å²) in [6, 6.07) is 2.08. The molecule has 25 heavy (non-hydrogen) atoms. The summed E-state index contributed by atoms with van der Waals surface area (Å²) in [6.45, 7) is 1.62. The molecule has 1 N–H and O–H groups in total. The predicted octanol–water partition coefficient (Wildman–Crippen LogP) is 2.57. The molecule has 0 saturated carbocycles. The van der Waals surface area contributed by atoms with Crippen molar-refractivity contribution in [3.05, 3.63) is 42.6 Å². The minimum absolute atomic E-state index is 0.0897. The largest absolute Gasteiger partial charge is 0.416 e. The normalized spacial score (nSPS) is 16.8. The summed E-state index contributed by atoms with van der Waals surface area (Å²) in [5.74, 6) is -0.457. The first-order chi connectivity index (χ1) is 11.9. The third-order valence-corrected chi connectivity index (χ3v) is 4.23. The number of halogens is 3. The van der Waals surface area contributed by atoms with E-state index in [9.17, 15) is 18.0 Å². The van der Waals surface area contributed by atoms with Crippen LogP contribution in [0.5, 0.6) is 0 Å². The van der Waals surface area contributed by atoms with Crippen LogP contribution in [0.25, 0.3) is 0 Å². The number of carbonyl (C=O) groups is 1. The number of nitrogens with one attached hydrogen (secondary N) is 1. The Labute approximate surface area is 142 Å². The molecular formula is C16H18F3N5O. The van der Waals surface area contributed by atoms with Crippen molar-refractivity contribution in [1.82, 2.24) is 19.4 Å². The molecule has 2 aromatic heterocycles. The van der Waals surface area contributed by atoms with Gasteiger partial charge in [0.1, 0.15) is 5.82 Å². The lowest BCUT2D eigenvalue weighted by Gasteiger charge is -2.31. The van der Waals surface area contributed by atoms with E-state index in [1.54, 1.807) is 12.5 Å². The van der Waals surface area contributed by atoms with E-state index in [4.69, 9.17) is 0 Å². The van der Waals surface area contributed by atoms with Crippen molar-refractivity contribution in [3.63, 3.8) is 0 Å². The fraction of sp³-hybridized carbons (Fsp3) is 0.438. The molecule has 6 nitrogen and oxygen atoms in total. The molecule has 1 aliphatic heterocycles. The summed E-state index contributed by atoms with van der Waals surface area (Å²) in [5.41, 5.74) is -0.834. The van der Waals surface area contributed by atoms with Gasteiger partial charge >= 0.3 is 6.18 Å². The van der Waals surface area contributed by atoms with Gasteiger partial charge in [0.2, 0.25) is 5.91 Å². The minimum atomic E-state index is -4.46. The Kier molecular flexibility index (Phi) is 5.03. The Bertz CT molecular complexity index is 709. The number of hydrogen-bond acceptors (Lipinski definition) is 4. The topological polar surface area (TPSA) is 63.1 Å². The Morgan fingerprint density at radius 1 is 1.28 bits per heavy atom. The highest BCUT2D eigenvalue weighted by atomic mass is 19.4. The van der Waals surface area contributed by atoms with Crippen LogP contribution in [-0.4, -0.2) is 45.0 Å². The van der Waals surface area contributed by atoms with Gasteiger partial charge < -0.3 is 9.88 Å². The number of amides is 1. The number of pyridine rings is 1. The number of alkyl halides is 3. The van der Waals surface area contributed by atoms with E-state index in [1.807, 2.05) is 11.1 Å². The molecule has 2 aromatic rings. The summed E-state index contributed by atoms with van der Waals surface area (Å²) < 4.78 is 40.1. The van der Waals surface area contributed by atoms with Gasteiger partial charge in [-0.2, -0.15) is 13.2 Å². The van der Waals surface area contributed by atoms with Crippen LogP contribution in [0, 0.1) is 0 Å². The molecule has 0 unspecified atom stereocenters. The SMILES string of the molecule is O=C(CN1CCC(n2ccnc2)CC1)Nc1cc(C(F)(F)F)ccn1. The number of piperidine rings is 1. The van der Waals surface area contributed by atoms with Gasteiger partial charge in [-0.15, -0.1) is 0 Å². The number of aromatic nitrogens is 3. The molecule has 0 atom stereocenters. The zero-order valence-electron chi connectivity index (χ0n) is 13.4. The number of carbonyl (C=O) groups excluding carboxylic acids is 1. The second-order valence-electron chi connectivity index (χ2n) is 5.99. The summed E-state index contributed by atoms with van der Waals surface area (Å²) in [7, 11) is 0. The maximum absolute atomic E-state index is 12.7. The van der Waals surface area contributed by atoms with Crippen LogP contribution in [0.1, 0.15) is 24.4 Å². The molecule has 1 aliphatic rings. The number of nitrogens with zero attached hydrogens (tertiary/aromatic N) is 4. The number of hydrogen-bond donors (Lipinski definition) is 1. The van der Waals surface area contributed by atoms with E-state index in [1.165, 1.54) is 0 Å². The van der Waals surface area contributed by atoms with Crippen molar-refractivity contribution in [2.75, 3.05) is 25.0 Å². The van der Waals surface area contributed by atoms with E-state index in [-0.39, 0.29) is 18.3 Å². The van der Waals surface area contributed by atoms with Gasteiger partial charge in [-0.3, -0.25) is 9.69 Å². The lowest BCUT2D eigenvalue weighted by Crippen LogP contribution is -2.39. The lowest BCUT2D eigenvalue weighted by molar-refractivity contribution is -0.137. The van der Waals surface area contributed by atoms with E-state index < -0.39 is 11.7 Å². The van der Waals surface area contributed by atoms with Crippen molar-refractivity contribution in [3.8, 4) is 0 Å². The zero-order valence-corrected chi connectivity index (χ0v) is 13.4. The first kappa shape index (κ1) is 17.4. The summed E-state index contributed by atoms with van der Waals surface area (Å²) in [5, 5.41) is 2.43. The fourth-order valence-electron chi connectivity index (χ4n) is 2.92. The molecule has 0 bridgehead atoms. The fourth-order valence-corrected chi connectivity index (χ4v) is 2.92. The van der Waals surface area contributed by atoms with Crippen molar-refractivity contribution >= 4 is 11.7 Å². The van der Waals surface area contributed by atoms with E-state index in [0.717, 1.165) is 44.3 Å². The molecule has 0 aliphatic carbocycles. The van der Waals surface area contributed by atoms with Gasteiger partial charge in [0.05, 0.1) is 18.4 Å². The average molecular weight is 353 g/mol. The molecule has 1 amide bonds. The third kappa shape index (κ3) is 4.56. The summed E-state index contributed by atoms with van der Waals surface area (Å²) >= 11 is 0. The number of imidazole rings is 1. The van der Waals surface area contributed by atoms with Gasteiger partial charge in [0.15, 0.2) is 0 Å². The summed E-state index contributed by atoms with van der Waals surface area (Å²) in [4.78, 5) is 21.9. The quantitative estimate of drug-likeness (QED) is 0.918. The minimum Gasteiger partial charge on any atom is -0.334 e. The van der Waals surface area contributed by atoms with E-state index >= 15 is 0 Å². The van der Waals surface area contributed by atoms with Gasteiger partial charge in [-0.25, -0.2) is 9.97 Å². The second-order valence-corrected chi connectivity index (χ2v) is 5.99. The summed E-state index contributed by atoms with van der Waals surface area (Å²) in [6.07, 6.45) is 3.81. The smallest absolute Gasteiger partial charge is 0.334 e. The molecular weight excluding hydrogens is 335 g/mol. The maximum Gasteiger partial charge on any atom is 0.416 e. The van der Waals surface area contributed by atoms with Gasteiger partial charge in [0, 0.05) is 37.7 Å². The Morgan fingerprint density at radius 3 is 2.68 bits per heavy atom. The highest BCUT2D eigenvalue weighted by Crippen LogP contribution is 2.30. The van der Waals surface area contributed by atoms with Crippen LogP contribution in [0.2, 0.25) is 0 Å². The lowest BCUT2D eigenvalue weighted by atomic mass is 10.1. The third-order valence-electron chi connectivity index (χ3n) is 4.23. The van der Waals surface area contributed by atoms with Gasteiger partial charge in [0.25, 0.3) is 0 Å². The van der Waals surface area contributed by atoms with Crippen LogP contribution < -0.4 is 5.32 Å². The molecule has 134 valence electrons. The molecule has 1 fully saturated rings. The van der Waals surface area contributed by atoms with E-state index in [2.05, 4.69) is 19.9 Å². The zero-order chi connectivity index (χ0) is 17.9. The molecule has 3 heterocycles. The van der Waals surface area contributed by atoms with Crippen LogP contribution in [0.4, 0.5) is 19.0 Å². The number of rotatable bonds is 4. The molecule has 0 spiro atoms. The Balaban J connectivity index is 1.50. The Hall–Kier alpha value is -2.42. The van der Waals surface area contributed by atoms with Crippen molar-refractivity contribution < 1.29 is 18.0 Å². The van der Waals surface area contributed by atoms with Gasteiger partial charge in [-0.1, -0.05) is 0 Å². The monoisotopic (exact) mass is 353 g/mol. The molecule has 3 rings (SSSR count). The first-order valence-corrected chi connectivity index (χ1v) is 7.95. The Morgan fingerprint density at radius 2 is 2.04 bits per heavy atom. The van der Waals surface area contributed by atoms with Crippen LogP contribution in [0.15, 0.2) is 37.1 Å². The highest BCUT2D eigenvalue weighted by molar-refractivity contribution is 5.91. The van der Waals surface area contributed by atoms with E-state index in [0.29, 0.717) is 6.04 Å². The molecule has 0 radical (unpaired) electrons. The van der Waals surface area contributed by atoms with Crippen LogP contribution >= 0.6 is 0 Å². The first-order valence-electron chi connectivity index (χ1n) is 7.95. The van der Waals surface area contributed by atoms with Gasteiger partial charge in [-0.05, 0) is 25.0 Å². The molecule has 0 aromatic carbocycles. The number of likely N-dealkylation sites (tertiary alicyclic amines) is 1. The predicted molar refractivity (Wildman–Crippen MR) is 84.8 cm³/mol. The van der Waals surface area contributed by atoms with Crippen LogP contribution in [-0.2, 0) is 11.0 Å².